The molecule has 11 nitrogen and oxygen atoms in total. The molecule has 0 aliphatic carbocycles. The van der Waals surface area contributed by atoms with Gasteiger partial charge in [0.2, 0.25) is 5.88 Å². The second kappa shape index (κ2) is 14.6. The van der Waals surface area contributed by atoms with Crippen LogP contribution in [0.5, 0.6) is 11.6 Å². The number of aromatic nitrogens is 4. The average Bonchev–Trinajstić information content (AvgIpc) is 3.57. The number of methoxy groups -OCH3 is 1. The first kappa shape index (κ1) is 41.1. The zero-order valence-electron chi connectivity index (χ0n) is 33.8. The highest BCUT2D eigenvalue weighted by atomic mass is 28.4. The van der Waals surface area contributed by atoms with Crippen LogP contribution in [0.4, 0.5) is 0 Å². The van der Waals surface area contributed by atoms with Gasteiger partial charge in [0.1, 0.15) is 30.1 Å². The van der Waals surface area contributed by atoms with Crippen molar-refractivity contribution in [3.05, 3.63) is 30.6 Å². The maximum atomic E-state index is 8.91. The molecule has 1 aromatic carbocycles. The van der Waals surface area contributed by atoms with Crippen LogP contribution in [-0.2, 0) is 18.0 Å². The molecule has 1 aliphatic rings. The third-order valence-electron chi connectivity index (χ3n) is 11.4. The molecule has 1 saturated heterocycles. The van der Waals surface area contributed by atoms with Gasteiger partial charge in [-0.25, -0.2) is 9.97 Å². The van der Waals surface area contributed by atoms with Crippen LogP contribution < -0.4 is 9.47 Å². The number of nitrogens with zero attached hydrogens (tertiary/aromatic N) is 5. The summed E-state index contributed by atoms with van der Waals surface area (Å²) in [6.45, 7) is 34.3. The molecule has 2 aromatic heterocycles. The van der Waals surface area contributed by atoms with E-state index in [1.807, 2.05) is 22.8 Å². The fourth-order valence-electron chi connectivity index (χ4n) is 5.04. The lowest BCUT2D eigenvalue weighted by Crippen LogP contribution is -2.54. The van der Waals surface area contributed by atoms with E-state index in [0.717, 1.165) is 5.56 Å². The van der Waals surface area contributed by atoms with Crippen molar-refractivity contribution in [3.8, 4) is 29.1 Å². The molecule has 0 bridgehead atoms. The number of ether oxygens (including phenoxy) is 3. The van der Waals surface area contributed by atoms with Crippen LogP contribution in [0.25, 0.3) is 22.6 Å². The van der Waals surface area contributed by atoms with E-state index in [0.29, 0.717) is 35.2 Å². The Kier molecular flexibility index (Phi) is 11.8. The van der Waals surface area contributed by atoms with E-state index >= 15 is 0 Å². The zero-order valence-corrected chi connectivity index (χ0v) is 36.8. The molecule has 14 heteroatoms. The van der Waals surface area contributed by atoms with Crippen LogP contribution in [0.1, 0.15) is 68.5 Å². The van der Waals surface area contributed by atoms with Gasteiger partial charge in [0.15, 0.2) is 54.8 Å². The molecule has 51 heavy (non-hydrogen) atoms. The van der Waals surface area contributed by atoms with Gasteiger partial charge in [0.05, 0.1) is 20.0 Å². The monoisotopic (exact) mass is 755 g/mol. The maximum Gasteiger partial charge on any atom is 0.245 e. The summed E-state index contributed by atoms with van der Waals surface area (Å²) >= 11 is 0. The van der Waals surface area contributed by atoms with Crippen LogP contribution in [0.3, 0.4) is 0 Å². The van der Waals surface area contributed by atoms with Crippen LogP contribution in [-0.4, -0.2) is 83.1 Å². The third kappa shape index (κ3) is 8.77. The van der Waals surface area contributed by atoms with Crippen molar-refractivity contribution in [2.75, 3.05) is 20.3 Å². The third-order valence-corrected chi connectivity index (χ3v) is 24.9. The highest BCUT2D eigenvalue weighted by molar-refractivity contribution is 6.75. The molecule has 0 unspecified atom stereocenters. The van der Waals surface area contributed by atoms with E-state index in [9.17, 15) is 0 Å². The standard InChI is InChI=1S/C37H61N5O6Si3/c1-35(2,3)49(11,12)45-23-27-29(47-50(13,14)36(4,5)6)30(48-51(15,16)37(7,8)9)34(46-27)42-24-39-28-32(42)40-31(41-33(28)43-10)25-17-19-26(20-18-25)44-22-21-38/h17-20,24,27,29-30,34H,22-23H2,1-16H3/t27-,29-,30-,34-/m1/s1. The predicted molar refractivity (Wildman–Crippen MR) is 210 cm³/mol. The molecule has 0 saturated carbocycles. The molecule has 3 heterocycles. The van der Waals surface area contributed by atoms with Gasteiger partial charge in [-0.1, -0.05) is 62.3 Å². The lowest BCUT2D eigenvalue weighted by molar-refractivity contribution is -0.0470. The Labute approximate surface area is 308 Å². The molecule has 4 rings (SSSR count). The fourth-order valence-corrected chi connectivity index (χ4v) is 8.66. The summed E-state index contributed by atoms with van der Waals surface area (Å²) < 4.78 is 41.9. The van der Waals surface area contributed by atoms with Gasteiger partial charge in [0.25, 0.3) is 0 Å². The molecule has 1 aliphatic heterocycles. The summed E-state index contributed by atoms with van der Waals surface area (Å²) in [6.07, 6.45) is -0.115. The largest absolute Gasteiger partial charge is 0.479 e. The number of hydrogen-bond acceptors (Lipinski definition) is 10. The van der Waals surface area contributed by atoms with Gasteiger partial charge in [-0.05, 0) is 78.7 Å². The molecule has 282 valence electrons. The second-order valence-electron chi connectivity index (χ2n) is 18.2. The molecular weight excluding hydrogens is 695 g/mol. The minimum Gasteiger partial charge on any atom is -0.479 e. The quantitative estimate of drug-likeness (QED) is 0.165. The smallest absolute Gasteiger partial charge is 0.245 e. The predicted octanol–water partition coefficient (Wildman–Crippen LogP) is 9.10. The van der Waals surface area contributed by atoms with Crippen LogP contribution in [0.15, 0.2) is 30.6 Å². The van der Waals surface area contributed by atoms with Crippen LogP contribution in [0.2, 0.25) is 54.4 Å². The summed E-state index contributed by atoms with van der Waals surface area (Å²) in [5.74, 6) is 1.40. The van der Waals surface area contributed by atoms with Gasteiger partial charge in [-0.2, -0.15) is 10.2 Å². The highest BCUT2D eigenvalue weighted by Crippen LogP contribution is 2.47. The topological polar surface area (TPSA) is 123 Å². The number of rotatable bonds is 12. The molecule has 0 spiro atoms. The number of imidazole rings is 1. The summed E-state index contributed by atoms with van der Waals surface area (Å²) in [5.41, 5.74) is 1.84. The normalized spacial score (nSPS) is 20.8. The number of fused-ring (bicyclic) bond motifs is 1. The molecule has 0 radical (unpaired) electrons. The molecule has 1 fully saturated rings. The van der Waals surface area contributed by atoms with Gasteiger partial charge < -0.3 is 27.5 Å². The average molecular weight is 756 g/mol. The molecule has 3 aromatic rings. The second-order valence-corrected chi connectivity index (χ2v) is 32.5. The first-order valence-electron chi connectivity index (χ1n) is 17.9. The zero-order chi connectivity index (χ0) is 38.4. The highest BCUT2D eigenvalue weighted by Gasteiger charge is 2.55. The summed E-state index contributed by atoms with van der Waals surface area (Å²) in [4.78, 5) is 14.5. The first-order chi connectivity index (χ1) is 23.3. The lowest BCUT2D eigenvalue weighted by Gasteiger charge is -2.44. The Balaban J connectivity index is 1.89. The Hall–Kier alpha value is -2.65. The van der Waals surface area contributed by atoms with Crippen molar-refractivity contribution >= 4 is 36.1 Å². The first-order valence-corrected chi connectivity index (χ1v) is 26.6. The van der Waals surface area contributed by atoms with Crippen molar-refractivity contribution < 1.29 is 27.5 Å². The fraction of sp³-hybridized carbons (Fsp3) is 0.676. The number of benzene rings is 1. The Morgan fingerprint density at radius 2 is 1.35 bits per heavy atom. The van der Waals surface area contributed by atoms with E-state index in [1.54, 1.807) is 25.6 Å². The number of hydrogen-bond donors (Lipinski definition) is 0. The van der Waals surface area contributed by atoms with Gasteiger partial charge in [-0.3, -0.25) is 4.57 Å². The lowest BCUT2D eigenvalue weighted by atomic mass is 10.1. The minimum atomic E-state index is -2.37. The molecule has 0 N–H and O–H groups in total. The van der Waals surface area contributed by atoms with Crippen molar-refractivity contribution in [1.82, 2.24) is 19.5 Å². The van der Waals surface area contributed by atoms with Crippen molar-refractivity contribution in [3.63, 3.8) is 0 Å². The van der Waals surface area contributed by atoms with E-state index in [-0.39, 0.29) is 21.7 Å². The maximum absolute atomic E-state index is 8.91. The SMILES string of the molecule is COc1nc(-c2ccc(OCC#N)cc2)nc2c1ncn2[C@@H]1O[C@H](CO[Si](C)(C)C(C)(C)C)[C@@H](O[Si](C)(C)C(C)(C)C)[C@H]1O[Si](C)(C)C(C)(C)C. The summed E-state index contributed by atoms with van der Waals surface area (Å²) in [7, 11) is -5.25. The van der Waals surface area contributed by atoms with E-state index in [4.69, 9.17) is 47.7 Å². The van der Waals surface area contributed by atoms with Crippen molar-refractivity contribution in [1.29, 1.82) is 5.26 Å². The Morgan fingerprint density at radius 3 is 1.86 bits per heavy atom. The van der Waals surface area contributed by atoms with E-state index < -0.39 is 49.5 Å². The Morgan fingerprint density at radius 1 is 0.804 bits per heavy atom. The number of nitriles is 1. The minimum absolute atomic E-state index is 0.0301. The van der Waals surface area contributed by atoms with Gasteiger partial charge in [-0.15, -0.1) is 0 Å². The van der Waals surface area contributed by atoms with E-state index in [1.165, 1.54) is 0 Å². The Bertz CT molecular complexity index is 1700. The summed E-state index contributed by atoms with van der Waals surface area (Å²) in [6, 6.07) is 9.31. The van der Waals surface area contributed by atoms with Gasteiger partial charge in [0, 0.05) is 5.56 Å². The van der Waals surface area contributed by atoms with Crippen LogP contribution in [0, 0.1) is 11.3 Å². The summed E-state index contributed by atoms with van der Waals surface area (Å²) in [5, 5.41) is 8.84. The van der Waals surface area contributed by atoms with Crippen LogP contribution >= 0.6 is 0 Å². The van der Waals surface area contributed by atoms with Crippen molar-refractivity contribution in [2.24, 2.45) is 0 Å². The molecular formula is C37H61N5O6Si3. The van der Waals surface area contributed by atoms with E-state index in [2.05, 4.69) is 102 Å². The van der Waals surface area contributed by atoms with Gasteiger partial charge >= 0.3 is 0 Å². The van der Waals surface area contributed by atoms with Crippen molar-refractivity contribution in [2.45, 2.75) is 141 Å². The molecule has 0 amide bonds. The molecule has 4 atom stereocenters.